The van der Waals surface area contributed by atoms with Gasteiger partial charge in [0.05, 0.1) is 5.56 Å². The van der Waals surface area contributed by atoms with Crippen molar-refractivity contribution in [2.45, 2.75) is 13.8 Å². The summed E-state index contributed by atoms with van der Waals surface area (Å²) in [5, 5.41) is 12.0. The number of hydrogen-bond donors (Lipinski definition) is 1. The fourth-order valence-corrected chi connectivity index (χ4v) is 3.42. The molecular formula is C25H19FO3. The smallest absolute Gasteiger partial charge is 0.344 e. The van der Waals surface area contributed by atoms with Gasteiger partial charge in [-0.1, -0.05) is 24.3 Å². The van der Waals surface area contributed by atoms with Gasteiger partial charge < -0.3 is 9.84 Å². The van der Waals surface area contributed by atoms with Gasteiger partial charge in [0.2, 0.25) is 0 Å². The monoisotopic (exact) mass is 386 g/mol. The van der Waals surface area contributed by atoms with Crippen LogP contribution in [-0.2, 0) is 0 Å². The Morgan fingerprint density at radius 2 is 1.45 bits per heavy atom. The summed E-state index contributed by atoms with van der Waals surface area (Å²) in [6.45, 7) is 3.65. The maximum Gasteiger partial charge on any atom is 0.344 e. The molecule has 0 saturated carbocycles. The predicted molar refractivity (Wildman–Crippen MR) is 112 cm³/mol. The standard InChI is InChI=1S/C25H19FO3/c1-15-11-19(12-16(2)24(15)27)22-13-17-5-3-4-6-18(17)14-23(22)25(28)29-21-9-7-20(26)8-10-21/h3-14,27H,1-2H3. The zero-order valence-electron chi connectivity index (χ0n) is 16.1. The molecule has 1 N–H and O–H groups in total. The van der Waals surface area contributed by atoms with Crippen molar-refractivity contribution in [2.24, 2.45) is 0 Å². The van der Waals surface area contributed by atoms with Crippen molar-refractivity contribution in [3.05, 3.63) is 95.3 Å². The van der Waals surface area contributed by atoms with Crippen LogP contribution in [0.5, 0.6) is 11.5 Å². The number of benzene rings is 4. The lowest BCUT2D eigenvalue weighted by Gasteiger charge is -2.14. The minimum Gasteiger partial charge on any atom is -0.507 e. The third-order valence-electron chi connectivity index (χ3n) is 4.93. The number of phenolic OH excluding ortho intramolecular Hbond substituents is 1. The van der Waals surface area contributed by atoms with E-state index in [1.54, 1.807) is 6.07 Å². The molecule has 0 aromatic heterocycles. The van der Waals surface area contributed by atoms with Crippen LogP contribution in [-0.4, -0.2) is 11.1 Å². The van der Waals surface area contributed by atoms with E-state index in [1.807, 2.05) is 56.3 Å². The Morgan fingerprint density at radius 3 is 2.07 bits per heavy atom. The molecule has 4 aromatic carbocycles. The highest BCUT2D eigenvalue weighted by molar-refractivity contribution is 6.04. The Morgan fingerprint density at radius 1 is 0.862 bits per heavy atom. The second-order valence-corrected chi connectivity index (χ2v) is 7.05. The highest BCUT2D eigenvalue weighted by Gasteiger charge is 2.18. The lowest BCUT2D eigenvalue weighted by molar-refractivity contribution is 0.0735. The number of aryl methyl sites for hydroxylation is 2. The number of carbonyl (C=O) groups excluding carboxylic acids is 1. The fourth-order valence-electron chi connectivity index (χ4n) is 3.42. The summed E-state index contributed by atoms with van der Waals surface area (Å²) in [4.78, 5) is 13.0. The molecular weight excluding hydrogens is 367 g/mol. The molecule has 4 rings (SSSR count). The van der Waals surface area contributed by atoms with Gasteiger partial charge in [0.25, 0.3) is 0 Å². The number of hydrogen-bond acceptors (Lipinski definition) is 3. The van der Waals surface area contributed by atoms with Crippen LogP contribution in [0, 0.1) is 19.7 Å². The third-order valence-corrected chi connectivity index (χ3v) is 4.93. The van der Waals surface area contributed by atoms with E-state index in [-0.39, 0.29) is 11.5 Å². The summed E-state index contributed by atoms with van der Waals surface area (Å²) in [5.41, 5.74) is 3.38. The zero-order valence-corrected chi connectivity index (χ0v) is 16.1. The molecule has 0 radical (unpaired) electrons. The molecule has 3 nitrogen and oxygen atoms in total. The Labute approximate surface area is 168 Å². The van der Waals surface area contributed by atoms with Crippen molar-refractivity contribution in [1.82, 2.24) is 0 Å². The van der Waals surface area contributed by atoms with Crippen molar-refractivity contribution >= 4 is 16.7 Å². The van der Waals surface area contributed by atoms with E-state index in [0.29, 0.717) is 11.1 Å². The molecule has 0 aliphatic carbocycles. The lowest BCUT2D eigenvalue weighted by Crippen LogP contribution is -2.10. The molecule has 0 unspecified atom stereocenters. The number of phenols is 1. The van der Waals surface area contributed by atoms with E-state index in [0.717, 1.165) is 27.5 Å². The van der Waals surface area contributed by atoms with Crippen LogP contribution in [0.1, 0.15) is 21.5 Å². The molecule has 0 heterocycles. The Balaban J connectivity index is 1.86. The van der Waals surface area contributed by atoms with Crippen LogP contribution >= 0.6 is 0 Å². The van der Waals surface area contributed by atoms with Crippen LogP contribution in [0.25, 0.3) is 21.9 Å². The quantitative estimate of drug-likeness (QED) is 0.337. The maximum atomic E-state index is 13.2. The summed E-state index contributed by atoms with van der Waals surface area (Å²) in [6, 6.07) is 20.5. The van der Waals surface area contributed by atoms with E-state index in [1.165, 1.54) is 24.3 Å². The average molecular weight is 386 g/mol. The van der Waals surface area contributed by atoms with Gasteiger partial charge in [-0.05, 0) is 95.4 Å². The summed E-state index contributed by atoms with van der Waals surface area (Å²) in [6.07, 6.45) is 0. The minimum absolute atomic E-state index is 0.241. The van der Waals surface area contributed by atoms with Crippen molar-refractivity contribution in [1.29, 1.82) is 0 Å². The van der Waals surface area contributed by atoms with Gasteiger partial charge in [0.1, 0.15) is 17.3 Å². The summed E-state index contributed by atoms with van der Waals surface area (Å²) >= 11 is 0. The molecule has 29 heavy (non-hydrogen) atoms. The minimum atomic E-state index is -0.527. The van der Waals surface area contributed by atoms with Gasteiger partial charge in [-0.2, -0.15) is 0 Å². The number of fused-ring (bicyclic) bond motifs is 1. The summed E-state index contributed by atoms with van der Waals surface area (Å²) < 4.78 is 18.7. The number of aromatic hydroxyl groups is 1. The first kappa shape index (κ1) is 18.7. The van der Waals surface area contributed by atoms with Crippen LogP contribution in [0.15, 0.2) is 72.8 Å². The van der Waals surface area contributed by atoms with Crippen molar-refractivity contribution in [2.75, 3.05) is 0 Å². The van der Waals surface area contributed by atoms with Gasteiger partial charge in [-0.15, -0.1) is 0 Å². The molecule has 0 bridgehead atoms. The molecule has 0 amide bonds. The first-order valence-electron chi connectivity index (χ1n) is 9.23. The summed E-state index contributed by atoms with van der Waals surface area (Å²) in [7, 11) is 0. The van der Waals surface area contributed by atoms with Crippen molar-refractivity contribution in [3.8, 4) is 22.6 Å². The van der Waals surface area contributed by atoms with Gasteiger partial charge >= 0.3 is 5.97 Å². The third kappa shape index (κ3) is 3.69. The Bertz CT molecular complexity index is 1200. The normalized spacial score (nSPS) is 10.9. The SMILES string of the molecule is Cc1cc(-c2cc3ccccc3cc2C(=O)Oc2ccc(F)cc2)cc(C)c1O. The molecule has 0 atom stereocenters. The van der Waals surface area contributed by atoms with Gasteiger partial charge in [0.15, 0.2) is 0 Å². The van der Waals surface area contributed by atoms with Gasteiger partial charge in [-0.25, -0.2) is 9.18 Å². The molecule has 0 fully saturated rings. The molecule has 4 heteroatoms. The average Bonchev–Trinajstić information content (AvgIpc) is 2.72. The van der Waals surface area contributed by atoms with Crippen LogP contribution in [0.4, 0.5) is 4.39 Å². The van der Waals surface area contributed by atoms with Gasteiger partial charge in [-0.3, -0.25) is 0 Å². The Hall–Kier alpha value is -3.66. The number of ether oxygens (including phenoxy) is 1. The van der Waals surface area contributed by atoms with Crippen LogP contribution in [0.2, 0.25) is 0 Å². The van der Waals surface area contributed by atoms with E-state index < -0.39 is 11.8 Å². The zero-order chi connectivity index (χ0) is 20.5. The van der Waals surface area contributed by atoms with Crippen molar-refractivity contribution in [3.63, 3.8) is 0 Å². The number of rotatable bonds is 3. The first-order chi connectivity index (χ1) is 13.9. The number of carbonyl (C=O) groups is 1. The predicted octanol–water partition coefficient (Wildman–Crippen LogP) is 6.19. The fraction of sp³-hybridized carbons (Fsp3) is 0.0800. The molecule has 144 valence electrons. The maximum absolute atomic E-state index is 13.2. The van der Waals surface area contributed by atoms with E-state index in [9.17, 15) is 14.3 Å². The second kappa shape index (κ2) is 7.40. The van der Waals surface area contributed by atoms with Gasteiger partial charge in [0, 0.05) is 0 Å². The molecule has 0 spiro atoms. The highest BCUT2D eigenvalue weighted by Crippen LogP contribution is 2.34. The first-order valence-corrected chi connectivity index (χ1v) is 9.23. The van der Waals surface area contributed by atoms with Crippen LogP contribution in [0.3, 0.4) is 0 Å². The second-order valence-electron chi connectivity index (χ2n) is 7.05. The molecule has 0 aliphatic heterocycles. The van der Waals surface area contributed by atoms with Crippen LogP contribution < -0.4 is 4.74 Å². The molecule has 4 aromatic rings. The molecule has 0 aliphatic rings. The highest BCUT2D eigenvalue weighted by atomic mass is 19.1. The lowest BCUT2D eigenvalue weighted by atomic mass is 9.93. The topological polar surface area (TPSA) is 46.5 Å². The number of halogens is 1. The summed E-state index contributed by atoms with van der Waals surface area (Å²) in [5.74, 6) is -0.412. The van der Waals surface area contributed by atoms with E-state index in [2.05, 4.69) is 0 Å². The largest absolute Gasteiger partial charge is 0.507 e. The molecule has 0 saturated heterocycles. The number of esters is 1. The van der Waals surface area contributed by atoms with Crippen molar-refractivity contribution < 1.29 is 19.0 Å². The Kier molecular flexibility index (Phi) is 4.77. The van der Waals surface area contributed by atoms with E-state index >= 15 is 0 Å². The van der Waals surface area contributed by atoms with E-state index in [4.69, 9.17) is 4.74 Å².